The number of hydrogen-bond acceptors (Lipinski definition) is 11. The van der Waals surface area contributed by atoms with E-state index in [0.717, 1.165) is 34.7 Å². The van der Waals surface area contributed by atoms with Gasteiger partial charge >= 0.3 is 23.9 Å². The number of ether oxygens (including phenoxy) is 2. The third-order valence-corrected chi connectivity index (χ3v) is 13.0. The normalized spacial score (nSPS) is 18.2. The molecule has 18 nitrogen and oxygen atoms in total. The van der Waals surface area contributed by atoms with Gasteiger partial charge in [-0.15, -0.1) is 0 Å². The van der Waals surface area contributed by atoms with Gasteiger partial charge in [-0.3, -0.25) is 28.8 Å². The maximum atomic E-state index is 14.3. The number of carboxylic acid groups (broad SMARTS) is 1. The first kappa shape index (κ1) is 46.6. The Kier molecular flexibility index (Phi) is 14.6. The number of aliphatic carboxylic acids is 1. The van der Waals surface area contributed by atoms with Crippen LogP contribution < -0.4 is 32.6 Å². The van der Waals surface area contributed by atoms with E-state index in [2.05, 4.69) is 37.2 Å². The molecule has 1 saturated carbocycles. The highest BCUT2D eigenvalue weighted by molar-refractivity contribution is 9.10. The molecule has 0 saturated heterocycles. The highest BCUT2D eigenvalue weighted by Crippen LogP contribution is 2.44. The molecule has 1 fully saturated rings. The number of aromatic nitrogens is 2. The van der Waals surface area contributed by atoms with Crippen molar-refractivity contribution in [3.63, 3.8) is 0 Å². The van der Waals surface area contributed by atoms with Gasteiger partial charge in [0.2, 0.25) is 23.3 Å². The van der Waals surface area contributed by atoms with Crippen LogP contribution in [0.1, 0.15) is 108 Å². The van der Waals surface area contributed by atoms with Gasteiger partial charge in [0.1, 0.15) is 18.7 Å². The number of nitrogens with zero attached hydrogens (tertiary/aromatic N) is 2. The molecule has 0 bridgehead atoms. The Morgan fingerprint density at radius 1 is 1.02 bits per heavy atom. The first-order valence-electron chi connectivity index (χ1n) is 21.3. The fourth-order valence-corrected chi connectivity index (χ4v) is 9.30. The minimum Gasteiger partial charge on any atom is -0.481 e. The summed E-state index contributed by atoms with van der Waals surface area (Å²) in [7, 11) is 0. The summed E-state index contributed by atoms with van der Waals surface area (Å²) >= 11 is 3.58. The maximum absolute atomic E-state index is 14.3. The second-order valence-electron chi connectivity index (χ2n) is 17.0. The Labute approximate surface area is 371 Å². The van der Waals surface area contributed by atoms with Crippen LogP contribution >= 0.6 is 15.9 Å². The van der Waals surface area contributed by atoms with Crippen molar-refractivity contribution in [3.05, 3.63) is 61.8 Å². The van der Waals surface area contributed by atoms with E-state index in [1.165, 1.54) is 0 Å². The van der Waals surface area contributed by atoms with E-state index in [9.17, 15) is 38.4 Å². The molecule has 2 aliphatic heterocycles. The van der Waals surface area contributed by atoms with E-state index in [0.29, 0.717) is 29.7 Å². The number of cyclic esters (lactones) is 1. The number of fused-ring (bicyclic) bond motifs is 5. The van der Waals surface area contributed by atoms with Crippen molar-refractivity contribution in [1.29, 1.82) is 0 Å². The molecule has 0 unspecified atom stereocenters. The summed E-state index contributed by atoms with van der Waals surface area (Å²) in [5, 5.41) is 20.5. The van der Waals surface area contributed by atoms with Gasteiger partial charge < -0.3 is 46.1 Å². The van der Waals surface area contributed by atoms with Gasteiger partial charge in [0, 0.05) is 40.5 Å². The fraction of sp³-hybridized carbons (Fsp3) is 0.523. The predicted octanol–water partition coefficient (Wildman–Crippen LogP) is 3.79. The number of hydrogen-bond donors (Lipinski definition) is 6. The minimum absolute atomic E-state index is 0.0217. The number of carbonyl (C=O) groups is 7. The average molecular weight is 937 g/mol. The maximum Gasteiger partial charge on any atom is 0.355 e. The van der Waals surface area contributed by atoms with E-state index in [-0.39, 0.29) is 75.0 Å². The standard InChI is InChI=1S/C44H54BrN7O11/c1-4-44(28-19-32-37-25(18-26-29(45)10-8-11-30(26)49-37)21-52(32)40(59)27(28)22-62-41(44)60)63-35(56)20-43(15-6-5-7-16-43)23-48-38(57)31(12-9-17-47-42(46)61)50-39(58)36(24(2)3)51-33(53)13-14-34(54)55/h8,10-11,18-19,24,31,36H,4-7,9,12-17,20-23H2,1-3H3,(H,48,57)(H,50,58)(H,51,53)(H,54,55)(H3,46,47,61)/t31-,36-,44-/m0/s1. The molecule has 7 N–H and O–H groups in total. The molecule has 1 aromatic carbocycles. The SMILES string of the molecule is CC[C@@]1(OC(=O)CC2(CNC(=O)[C@H](CCCNC(N)=O)NC(=O)[C@@H](NC(=O)CCC(=O)O)C(C)C)CCCCC2)C(=O)OCc2c1cc1n(c2=O)Cc2cc3c(Br)cccc3nc2-1. The van der Waals surface area contributed by atoms with Crippen LogP contribution in [0.15, 0.2) is 39.6 Å². The zero-order chi connectivity index (χ0) is 45.6. The molecule has 338 valence electrons. The lowest BCUT2D eigenvalue weighted by Crippen LogP contribution is -2.56. The second-order valence-corrected chi connectivity index (χ2v) is 17.8. The molecular weight excluding hydrogens is 882 g/mol. The van der Waals surface area contributed by atoms with Crippen LogP contribution in [0.2, 0.25) is 0 Å². The lowest BCUT2D eigenvalue weighted by molar-refractivity contribution is -0.191. The number of benzene rings is 1. The molecule has 19 heteroatoms. The summed E-state index contributed by atoms with van der Waals surface area (Å²) in [6.07, 6.45) is 2.85. The van der Waals surface area contributed by atoms with Crippen molar-refractivity contribution in [2.45, 2.75) is 122 Å². The van der Waals surface area contributed by atoms with Crippen LogP contribution in [-0.4, -0.2) is 81.5 Å². The molecule has 4 heterocycles. The van der Waals surface area contributed by atoms with Crippen LogP contribution in [0.25, 0.3) is 22.3 Å². The highest BCUT2D eigenvalue weighted by Gasteiger charge is 2.51. The quantitative estimate of drug-likeness (QED) is 0.0615. The van der Waals surface area contributed by atoms with E-state index >= 15 is 0 Å². The largest absolute Gasteiger partial charge is 0.481 e. The van der Waals surface area contributed by atoms with Gasteiger partial charge in [-0.05, 0) is 67.7 Å². The van der Waals surface area contributed by atoms with Crippen LogP contribution in [0, 0.1) is 11.3 Å². The molecule has 6 rings (SSSR count). The number of primary amides is 1. The number of pyridine rings is 2. The third-order valence-electron chi connectivity index (χ3n) is 12.3. The summed E-state index contributed by atoms with van der Waals surface area (Å²) < 4.78 is 14.2. The van der Waals surface area contributed by atoms with Crippen molar-refractivity contribution in [2.24, 2.45) is 17.1 Å². The Bertz CT molecular complexity index is 2380. The first-order chi connectivity index (χ1) is 30.0. The van der Waals surface area contributed by atoms with Gasteiger partial charge in [0.15, 0.2) is 0 Å². The highest BCUT2D eigenvalue weighted by atomic mass is 79.9. The van der Waals surface area contributed by atoms with Gasteiger partial charge in [-0.2, -0.15) is 0 Å². The zero-order valence-electron chi connectivity index (χ0n) is 35.6. The lowest BCUT2D eigenvalue weighted by Gasteiger charge is -2.39. The molecular formula is C44H54BrN7O11. The summed E-state index contributed by atoms with van der Waals surface area (Å²) in [6, 6.07) is 6.38. The van der Waals surface area contributed by atoms with Crippen molar-refractivity contribution < 1.29 is 48.1 Å². The summed E-state index contributed by atoms with van der Waals surface area (Å²) in [4.78, 5) is 109. The van der Waals surface area contributed by atoms with E-state index in [1.807, 2.05) is 24.3 Å². The van der Waals surface area contributed by atoms with Crippen LogP contribution in [0.4, 0.5) is 4.79 Å². The molecule has 0 radical (unpaired) electrons. The Morgan fingerprint density at radius 3 is 2.44 bits per heavy atom. The monoisotopic (exact) mass is 935 g/mol. The van der Waals surface area contributed by atoms with Gasteiger partial charge in [0.25, 0.3) is 5.56 Å². The molecule has 0 spiro atoms. The third kappa shape index (κ3) is 10.3. The first-order valence-corrected chi connectivity index (χ1v) is 22.1. The summed E-state index contributed by atoms with van der Waals surface area (Å²) in [5.74, 6) is -4.97. The minimum atomic E-state index is -1.93. The number of amides is 5. The van der Waals surface area contributed by atoms with Crippen molar-refractivity contribution in [2.75, 3.05) is 13.1 Å². The van der Waals surface area contributed by atoms with Crippen LogP contribution in [0.3, 0.4) is 0 Å². The van der Waals surface area contributed by atoms with Crippen LogP contribution in [0.5, 0.6) is 0 Å². The fourth-order valence-electron chi connectivity index (χ4n) is 8.82. The zero-order valence-corrected chi connectivity index (χ0v) is 37.2. The van der Waals surface area contributed by atoms with Crippen molar-refractivity contribution >= 4 is 68.5 Å². The number of halogens is 1. The predicted molar refractivity (Wildman–Crippen MR) is 232 cm³/mol. The smallest absolute Gasteiger partial charge is 0.355 e. The summed E-state index contributed by atoms with van der Waals surface area (Å²) in [6.45, 7) is 5.18. The number of nitrogens with one attached hydrogen (secondary N) is 4. The molecule has 63 heavy (non-hydrogen) atoms. The molecule has 2 aromatic heterocycles. The topological polar surface area (TPSA) is 267 Å². The number of rotatable bonds is 18. The second kappa shape index (κ2) is 19.7. The Hall–Kier alpha value is -5.85. The molecule has 1 aliphatic carbocycles. The number of carbonyl (C=O) groups excluding carboxylic acids is 6. The van der Waals surface area contributed by atoms with Crippen molar-refractivity contribution in [1.82, 2.24) is 30.8 Å². The molecule has 3 aliphatic rings. The number of nitrogens with two attached hydrogens (primary N) is 1. The Balaban J connectivity index is 1.21. The van der Waals surface area contributed by atoms with Gasteiger partial charge in [-0.1, -0.05) is 62.0 Å². The number of carboxylic acids is 1. The number of esters is 2. The Morgan fingerprint density at radius 2 is 1.76 bits per heavy atom. The molecule has 3 atom stereocenters. The lowest BCUT2D eigenvalue weighted by atomic mass is 9.71. The van der Waals surface area contributed by atoms with E-state index in [1.54, 1.807) is 31.4 Å². The van der Waals surface area contributed by atoms with Crippen molar-refractivity contribution in [3.8, 4) is 11.4 Å². The van der Waals surface area contributed by atoms with E-state index < -0.39 is 77.1 Å². The average Bonchev–Trinajstić information content (AvgIpc) is 3.60. The summed E-state index contributed by atoms with van der Waals surface area (Å²) in [5.41, 5.74) is 5.21. The molecule has 5 amide bonds. The van der Waals surface area contributed by atoms with Gasteiger partial charge in [0.05, 0.1) is 41.9 Å². The van der Waals surface area contributed by atoms with Gasteiger partial charge in [-0.25, -0.2) is 14.6 Å². The van der Waals surface area contributed by atoms with E-state index in [4.69, 9.17) is 25.3 Å². The van der Waals surface area contributed by atoms with Crippen LogP contribution in [-0.2, 0) is 57.0 Å². The molecule has 3 aromatic rings. The number of urea groups is 1.